The number of carbonyl (C=O) groups is 1. The van der Waals surface area contributed by atoms with Gasteiger partial charge in [-0.15, -0.1) is 0 Å². The van der Waals surface area contributed by atoms with Gasteiger partial charge in [0, 0.05) is 35.2 Å². The molecule has 0 aliphatic carbocycles. The van der Waals surface area contributed by atoms with Gasteiger partial charge < -0.3 is 9.30 Å². The van der Waals surface area contributed by atoms with Crippen molar-refractivity contribution in [1.29, 1.82) is 0 Å². The second kappa shape index (κ2) is 7.65. The molecule has 1 aliphatic rings. The third-order valence-electron chi connectivity index (χ3n) is 4.60. The van der Waals surface area contributed by atoms with Crippen LogP contribution in [-0.4, -0.2) is 42.5 Å². The molecule has 0 N–H and O–H groups in total. The molecule has 1 aromatic heterocycles. The van der Waals surface area contributed by atoms with Gasteiger partial charge in [-0.3, -0.25) is 9.59 Å². The van der Waals surface area contributed by atoms with E-state index in [4.69, 9.17) is 4.74 Å². The average molecular weight is 467 g/mol. The molecule has 8 heteroatoms. The highest BCUT2D eigenvalue weighted by Gasteiger charge is 2.46. The van der Waals surface area contributed by atoms with Crippen LogP contribution in [0.3, 0.4) is 0 Å². The summed E-state index contributed by atoms with van der Waals surface area (Å²) in [5, 5.41) is 0. The fourth-order valence-corrected chi connectivity index (χ4v) is 4.17. The minimum atomic E-state index is -3.65. The first-order valence-corrected chi connectivity index (χ1v) is 10.8. The number of pyridine rings is 1. The Hall–Kier alpha value is -0.740. The van der Waals surface area contributed by atoms with Crippen LogP contribution in [0.15, 0.2) is 23.1 Å². The van der Waals surface area contributed by atoms with Gasteiger partial charge in [-0.25, -0.2) is 8.42 Å². The fraction of sp³-hybridized carbons (Fsp3) is 0.625. The van der Waals surface area contributed by atoms with Gasteiger partial charge in [0.25, 0.3) is 5.56 Å². The molecule has 2 rings (SSSR count). The van der Waals surface area contributed by atoms with Gasteiger partial charge in [0.05, 0.1) is 0 Å². The van der Waals surface area contributed by atoms with Crippen molar-refractivity contribution in [3.63, 3.8) is 0 Å². The molecule has 0 radical (unpaired) electrons. The lowest BCUT2D eigenvalue weighted by Crippen LogP contribution is -2.50. The van der Waals surface area contributed by atoms with Crippen molar-refractivity contribution in [2.24, 2.45) is 0 Å². The van der Waals surface area contributed by atoms with Crippen molar-refractivity contribution < 1.29 is 17.9 Å². The molecular weight excluding hydrogens is 445 g/mol. The number of ketones is 1. The second-order valence-electron chi connectivity index (χ2n) is 6.35. The molecule has 0 spiro atoms. The molecule has 0 amide bonds. The normalized spacial score (nSPS) is 21.2. The van der Waals surface area contributed by atoms with Gasteiger partial charge in [-0.2, -0.15) is 0 Å². The van der Waals surface area contributed by atoms with Gasteiger partial charge in [0.2, 0.25) is 0 Å². The van der Waals surface area contributed by atoms with E-state index in [2.05, 4.69) is 0 Å². The third-order valence-corrected chi connectivity index (χ3v) is 7.31. The summed E-state index contributed by atoms with van der Waals surface area (Å²) in [6.07, 6.45) is 4.36. The fourth-order valence-electron chi connectivity index (χ4n) is 2.78. The number of aromatic nitrogens is 1. The molecular formula is C16H22INO5S. The van der Waals surface area contributed by atoms with Crippen LogP contribution in [0.4, 0.5) is 0 Å². The number of nitrogens with zero attached hydrogens (tertiary/aromatic N) is 1. The summed E-state index contributed by atoms with van der Waals surface area (Å²) >= 11 is 2.04. The summed E-state index contributed by atoms with van der Waals surface area (Å²) < 4.78 is 30.8. The first-order valence-electron chi connectivity index (χ1n) is 7.87. The zero-order valence-corrected chi connectivity index (χ0v) is 16.8. The third kappa shape index (κ3) is 4.26. The van der Waals surface area contributed by atoms with Gasteiger partial charge in [0.15, 0.2) is 15.6 Å². The quantitative estimate of drug-likeness (QED) is 0.596. The Morgan fingerprint density at radius 3 is 2.71 bits per heavy atom. The lowest BCUT2D eigenvalue weighted by atomic mass is 9.93. The lowest BCUT2D eigenvalue weighted by molar-refractivity contribution is -0.135. The summed E-state index contributed by atoms with van der Waals surface area (Å²) in [6.45, 7) is 2.09. The van der Waals surface area contributed by atoms with E-state index in [-0.39, 0.29) is 18.5 Å². The number of Topliss-reactive ketones (excluding diaryl/α,β-unsaturated/α-hetero) is 1. The number of hydrogen-bond donors (Lipinski definition) is 0. The van der Waals surface area contributed by atoms with Crippen LogP contribution in [0.2, 0.25) is 0 Å². The first-order chi connectivity index (χ1) is 11.1. The van der Waals surface area contributed by atoms with E-state index in [0.717, 1.165) is 22.7 Å². The van der Waals surface area contributed by atoms with Crippen LogP contribution in [0.5, 0.6) is 0 Å². The smallest absolute Gasteiger partial charge is 0.251 e. The number of aryl methyl sites for hydroxylation is 1. The first kappa shape index (κ1) is 19.6. The maximum Gasteiger partial charge on any atom is 0.251 e. The van der Waals surface area contributed by atoms with Gasteiger partial charge in [0.1, 0.15) is 10.9 Å². The van der Waals surface area contributed by atoms with Crippen molar-refractivity contribution in [3.05, 3.63) is 32.3 Å². The van der Waals surface area contributed by atoms with E-state index in [1.54, 1.807) is 12.3 Å². The molecule has 6 nitrogen and oxygen atoms in total. The number of hydrogen-bond acceptors (Lipinski definition) is 5. The van der Waals surface area contributed by atoms with E-state index in [1.807, 2.05) is 22.6 Å². The molecule has 134 valence electrons. The molecule has 0 saturated carbocycles. The highest BCUT2D eigenvalue weighted by Crippen LogP contribution is 2.28. The van der Waals surface area contributed by atoms with E-state index < -0.39 is 26.5 Å². The van der Waals surface area contributed by atoms with Crippen LogP contribution in [0.1, 0.15) is 32.6 Å². The number of sulfone groups is 1. The molecule has 0 bridgehead atoms. The molecule has 1 saturated heterocycles. The number of halogens is 1. The van der Waals surface area contributed by atoms with Crippen molar-refractivity contribution in [3.8, 4) is 0 Å². The summed E-state index contributed by atoms with van der Waals surface area (Å²) in [6, 6.07) is 3.25. The average Bonchev–Trinajstić information content (AvgIpc) is 2.52. The molecule has 1 aromatic rings. The topological polar surface area (TPSA) is 82.4 Å². The van der Waals surface area contributed by atoms with Crippen molar-refractivity contribution in [1.82, 2.24) is 4.57 Å². The Morgan fingerprint density at radius 1 is 1.46 bits per heavy atom. The Morgan fingerprint density at radius 2 is 2.17 bits per heavy atom. The van der Waals surface area contributed by atoms with E-state index in [9.17, 15) is 18.0 Å². The van der Waals surface area contributed by atoms with E-state index in [0.29, 0.717) is 13.0 Å². The molecule has 2 atom stereocenters. The van der Waals surface area contributed by atoms with Crippen LogP contribution in [0, 0.1) is 3.57 Å². The molecule has 24 heavy (non-hydrogen) atoms. The summed E-state index contributed by atoms with van der Waals surface area (Å²) in [5.41, 5.74) is -0.209. The van der Waals surface area contributed by atoms with Crippen LogP contribution < -0.4 is 5.56 Å². The number of rotatable bonds is 6. The number of carbonyl (C=O) groups excluding carboxylic acids is 1. The summed E-state index contributed by atoms with van der Waals surface area (Å²) in [5.74, 6) is -0.400. The van der Waals surface area contributed by atoms with Crippen LogP contribution >= 0.6 is 22.6 Å². The summed E-state index contributed by atoms with van der Waals surface area (Å²) in [7, 11) is -3.65. The van der Waals surface area contributed by atoms with Crippen molar-refractivity contribution in [2.45, 2.75) is 50.0 Å². The van der Waals surface area contributed by atoms with Gasteiger partial charge in [-0.05, 0) is 61.3 Å². The zero-order valence-electron chi connectivity index (χ0n) is 13.8. The highest BCUT2D eigenvalue weighted by atomic mass is 127. The highest BCUT2D eigenvalue weighted by molar-refractivity contribution is 14.1. The predicted octanol–water partition coefficient (Wildman–Crippen LogP) is 1.78. The Labute approximate surface area is 155 Å². The van der Waals surface area contributed by atoms with E-state index >= 15 is 0 Å². The SMILES string of the molecule is CC(CCn1ccc(I)cc1=O)(C(=O)C1CCCCO1)S(C)(=O)=O. The van der Waals surface area contributed by atoms with Crippen LogP contribution in [0.25, 0.3) is 0 Å². The zero-order chi connectivity index (χ0) is 18.0. The minimum Gasteiger partial charge on any atom is -0.370 e. The van der Waals surface area contributed by atoms with Gasteiger partial charge >= 0.3 is 0 Å². The largest absolute Gasteiger partial charge is 0.370 e. The molecule has 2 unspecified atom stereocenters. The molecule has 2 heterocycles. The van der Waals surface area contributed by atoms with Crippen molar-refractivity contribution >= 4 is 38.2 Å². The maximum atomic E-state index is 12.8. The monoisotopic (exact) mass is 467 g/mol. The van der Waals surface area contributed by atoms with E-state index in [1.165, 1.54) is 17.6 Å². The maximum absolute atomic E-state index is 12.8. The molecule has 1 fully saturated rings. The van der Waals surface area contributed by atoms with Gasteiger partial charge in [-0.1, -0.05) is 0 Å². The Bertz CT molecular complexity index is 767. The molecule has 1 aliphatic heterocycles. The summed E-state index contributed by atoms with van der Waals surface area (Å²) in [4.78, 5) is 24.8. The van der Waals surface area contributed by atoms with Crippen LogP contribution in [-0.2, 0) is 25.9 Å². The van der Waals surface area contributed by atoms with Crippen molar-refractivity contribution in [2.75, 3.05) is 12.9 Å². The predicted molar refractivity (Wildman–Crippen MR) is 99.9 cm³/mol. The Balaban J connectivity index is 2.24. The standard InChI is InChI=1S/C16H22INO5S/c1-16(24(2,21)22,15(20)13-5-3-4-10-23-13)7-9-18-8-6-12(17)11-14(18)19/h6,8,11,13H,3-5,7,9-10H2,1-2H3. The minimum absolute atomic E-state index is 0.0467. The lowest BCUT2D eigenvalue weighted by Gasteiger charge is -2.32. The Kier molecular flexibility index (Phi) is 6.24. The number of ether oxygens (including phenoxy) is 1. The second-order valence-corrected chi connectivity index (χ2v) is 10.0. The molecule has 0 aromatic carbocycles.